The summed E-state index contributed by atoms with van der Waals surface area (Å²) >= 11 is 5.72. The lowest BCUT2D eigenvalue weighted by Gasteiger charge is -2.18. The molecule has 0 amide bonds. The molecule has 0 unspecified atom stereocenters. The van der Waals surface area contributed by atoms with Gasteiger partial charge in [-0.25, -0.2) is 4.39 Å². The standard InChI is InChI=1S/C11H14ClFN2/c12-9-5-7(1-2-10(9)13)11(14)8-3-4-15-6-8/h1-2,5,8,11,15H,3-4,6,14H2/t8-,11-/m1/s1. The van der Waals surface area contributed by atoms with Crippen LogP contribution in [0.25, 0.3) is 0 Å². The maximum Gasteiger partial charge on any atom is 0.141 e. The predicted molar refractivity (Wildman–Crippen MR) is 59.3 cm³/mol. The highest BCUT2D eigenvalue weighted by Crippen LogP contribution is 2.27. The molecule has 1 aliphatic rings. The van der Waals surface area contributed by atoms with E-state index in [2.05, 4.69) is 5.32 Å². The number of hydrogen-bond donors (Lipinski definition) is 2. The zero-order chi connectivity index (χ0) is 10.8. The maximum absolute atomic E-state index is 13.0. The monoisotopic (exact) mass is 228 g/mol. The molecule has 4 heteroatoms. The van der Waals surface area contributed by atoms with Crippen molar-refractivity contribution in [1.82, 2.24) is 5.32 Å². The summed E-state index contributed by atoms with van der Waals surface area (Å²) < 4.78 is 13.0. The Bertz CT molecular complexity index is 350. The van der Waals surface area contributed by atoms with Crippen molar-refractivity contribution in [3.05, 3.63) is 34.6 Å². The van der Waals surface area contributed by atoms with Crippen molar-refractivity contribution >= 4 is 11.6 Å². The van der Waals surface area contributed by atoms with Crippen LogP contribution in [0.3, 0.4) is 0 Å². The molecule has 1 fully saturated rings. The Morgan fingerprint density at radius 3 is 2.93 bits per heavy atom. The van der Waals surface area contributed by atoms with Gasteiger partial charge in [-0.2, -0.15) is 0 Å². The molecule has 15 heavy (non-hydrogen) atoms. The fourth-order valence-electron chi connectivity index (χ4n) is 1.98. The molecule has 0 aliphatic carbocycles. The van der Waals surface area contributed by atoms with Crippen molar-refractivity contribution in [2.24, 2.45) is 11.7 Å². The molecule has 2 rings (SSSR count). The second kappa shape index (κ2) is 4.47. The largest absolute Gasteiger partial charge is 0.324 e. The van der Waals surface area contributed by atoms with E-state index in [4.69, 9.17) is 17.3 Å². The first-order chi connectivity index (χ1) is 7.18. The van der Waals surface area contributed by atoms with E-state index in [0.717, 1.165) is 25.1 Å². The van der Waals surface area contributed by atoms with Crippen molar-refractivity contribution in [2.75, 3.05) is 13.1 Å². The van der Waals surface area contributed by atoms with Gasteiger partial charge in [0.2, 0.25) is 0 Å². The molecule has 0 bridgehead atoms. The molecule has 1 aromatic rings. The fraction of sp³-hybridized carbons (Fsp3) is 0.455. The molecule has 1 aromatic carbocycles. The van der Waals surface area contributed by atoms with E-state index in [1.165, 1.54) is 6.07 Å². The summed E-state index contributed by atoms with van der Waals surface area (Å²) in [5.41, 5.74) is 7.01. The van der Waals surface area contributed by atoms with Crippen LogP contribution in [-0.2, 0) is 0 Å². The normalized spacial score (nSPS) is 23.0. The van der Waals surface area contributed by atoms with Crippen molar-refractivity contribution < 1.29 is 4.39 Å². The van der Waals surface area contributed by atoms with Crippen LogP contribution in [-0.4, -0.2) is 13.1 Å². The van der Waals surface area contributed by atoms with Gasteiger partial charge >= 0.3 is 0 Å². The highest BCUT2D eigenvalue weighted by molar-refractivity contribution is 6.30. The Balaban J connectivity index is 2.17. The molecule has 1 heterocycles. The molecule has 1 saturated heterocycles. The number of halogens is 2. The molecule has 1 aliphatic heterocycles. The van der Waals surface area contributed by atoms with Gasteiger partial charge in [0.05, 0.1) is 5.02 Å². The van der Waals surface area contributed by atoms with Gasteiger partial charge in [-0.3, -0.25) is 0 Å². The van der Waals surface area contributed by atoms with Gasteiger partial charge in [0, 0.05) is 6.04 Å². The number of hydrogen-bond acceptors (Lipinski definition) is 2. The van der Waals surface area contributed by atoms with Crippen molar-refractivity contribution in [3.63, 3.8) is 0 Å². The number of benzene rings is 1. The van der Waals surface area contributed by atoms with Crippen LogP contribution in [0.1, 0.15) is 18.0 Å². The van der Waals surface area contributed by atoms with Gasteiger partial charge in [0.1, 0.15) is 5.82 Å². The SMILES string of the molecule is N[C@H](c1ccc(F)c(Cl)c1)[C@@H]1CCNC1. The van der Waals surface area contributed by atoms with Gasteiger partial charge in [-0.05, 0) is 43.1 Å². The summed E-state index contributed by atoms with van der Waals surface area (Å²) in [6.45, 7) is 1.93. The molecule has 3 N–H and O–H groups in total. The minimum Gasteiger partial charge on any atom is -0.324 e. The lowest BCUT2D eigenvalue weighted by Crippen LogP contribution is -2.23. The second-order valence-corrected chi connectivity index (χ2v) is 4.36. The minimum absolute atomic E-state index is 0.0573. The molecule has 2 atom stereocenters. The first kappa shape index (κ1) is 10.9. The first-order valence-electron chi connectivity index (χ1n) is 5.09. The van der Waals surface area contributed by atoms with Crippen LogP contribution < -0.4 is 11.1 Å². The Labute approximate surface area is 93.6 Å². The van der Waals surface area contributed by atoms with Crippen molar-refractivity contribution in [2.45, 2.75) is 12.5 Å². The Morgan fingerprint density at radius 2 is 2.33 bits per heavy atom. The van der Waals surface area contributed by atoms with Crippen LogP contribution >= 0.6 is 11.6 Å². The van der Waals surface area contributed by atoms with E-state index < -0.39 is 5.82 Å². The van der Waals surface area contributed by atoms with Crippen molar-refractivity contribution in [1.29, 1.82) is 0 Å². The zero-order valence-electron chi connectivity index (χ0n) is 8.34. The summed E-state index contributed by atoms with van der Waals surface area (Å²) in [4.78, 5) is 0. The number of nitrogens with two attached hydrogens (primary N) is 1. The van der Waals surface area contributed by atoms with Gasteiger partial charge < -0.3 is 11.1 Å². The summed E-state index contributed by atoms with van der Waals surface area (Å²) in [6, 6.07) is 4.65. The third-order valence-electron chi connectivity index (χ3n) is 2.93. The summed E-state index contributed by atoms with van der Waals surface area (Å²) in [7, 11) is 0. The quantitative estimate of drug-likeness (QED) is 0.814. The maximum atomic E-state index is 13.0. The van der Waals surface area contributed by atoms with Crippen LogP contribution in [0.2, 0.25) is 5.02 Å². The average Bonchev–Trinajstić information content (AvgIpc) is 2.74. The van der Waals surface area contributed by atoms with E-state index in [0.29, 0.717) is 5.92 Å². The topological polar surface area (TPSA) is 38.0 Å². The third kappa shape index (κ3) is 2.30. The highest BCUT2D eigenvalue weighted by atomic mass is 35.5. The fourth-order valence-corrected chi connectivity index (χ4v) is 2.16. The van der Waals surface area contributed by atoms with E-state index in [1.807, 2.05) is 0 Å². The number of nitrogens with one attached hydrogen (secondary N) is 1. The summed E-state index contributed by atoms with van der Waals surface area (Å²) in [6.07, 6.45) is 1.07. The lowest BCUT2D eigenvalue weighted by molar-refractivity contribution is 0.469. The Morgan fingerprint density at radius 1 is 1.53 bits per heavy atom. The van der Waals surface area contributed by atoms with E-state index in [9.17, 15) is 4.39 Å². The first-order valence-corrected chi connectivity index (χ1v) is 5.47. The molecule has 0 aromatic heterocycles. The van der Waals surface area contributed by atoms with Crippen LogP contribution in [0, 0.1) is 11.7 Å². The smallest absolute Gasteiger partial charge is 0.141 e. The molecule has 0 spiro atoms. The zero-order valence-corrected chi connectivity index (χ0v) is 9.10. The lowest BCUT2D eigenvalue weighted by atomic mass is 9.93. The Hall–Kier alpha value is -0.640. The third-order valence-corrected chi connectivity index (χ3v) is 3.22. The van der Waals surface area contributed by atoms with E-state index in [-0.39, 0.29) is 11.1 Å². The Kier molecular flexibility index (Phi) is 3.24. The molecule has 0 saturated carbocycles. The molecular formula is C11H14ClFN2. The van der Waals surface area contributed by atoms with Gasteiger partial charge in [-0.1, -0.05) is 17.7 Å². The molecule has 2 nitrogen and oxygen atoms in total. The van der Waals surface area contributed by atoms with Crippen molar-refractivity contribution in [3.8, 4) is 0 Å². The molecule has 0 radical (unpaired) electrons. The van der Waals surface area contributed by atoms with Gasteiger partial charge in [-0.15, -0.1) is 0 Å². The molecule has 82 valence electrons. The van der Waals surface area contributed by atoms with E-state index in [1.54, 1.807) is 12.1 Å². The van der Waals surface area contributed by atoms with Crippen LogP contribution in [0.5, 0.6) is 0 Å². The number of rotatable bonds is 2. The van der Waals surface area contributed by atoms with Crippen LogP contribution in [0.15, 0.2) is 18.2 Å². The highest BCUT2D eigenvalue weighted by Gasteiger charge is 2.23. The minimum atomic E-state index is -0.392. The van der Waals surface area contributed by atoms with Gasteiger partial charge in [0.15, 0.2) is 0 Å². The summed E-state index contributed by atoms with van der Waals surface area (Å²) in [5, 5.41) is 3.41. The van der Waals surface area contributed by atoms with Gasteiger partial charge in [0.25, 0.3) is 0 Å². The molecular weight excluding hydrogens is 215 g/mol. The second-order valence-electron chi connectivity index (χ2n) is 3.95. The van der Waals surface area contributed by atoms with E-state index >= 15 is 0 Å². The predicted octanol–water partition coefficient (Wildman–Crippen LogP) is 2.09. The van der Waals surface area contributed by atoms with Crippen LogP contribution in [0.4, 0.5) is 4.39 Å². The average molecular weight is 229 g/mol. The summed E-state index contributed by atoms with van der Waals surface area (Å²) in [5.74, 6) is 0.0312.